The van der Waals surface area contributed by atoms with Gasteiger partial charge < -0.3 is 24.2 Å². The molecule has 3 fully saturated rings. The van der Waals surface area contributed by atoms with Gasteiger partial charge in [-0.3, -0.25) is 0 Å². The topological polar surface area (TPSA) is 51.2 Å². The number of fused-ring (bicyclic) bond motifs is 4. The number of rotatable bonds is 6. The summed E-state index contributed by atoms with van der Waals surface area (Å²) in [5.74, 6) is 1.35. The second-order valence-corrected chi connectivity index (χ2v) is 12.1. The number of allylic oxidation sites excluding steroid dienone is 1. The molecule has 7 atom stereocenters. The van der Waals surface area contributed by atoms with Gasteiger partial charge in [-0.05, 0) is 80.1 Å². The van der Waals surface area contributed by atoms with Crippen molar-refractivity contribution in [1.29, 1.82) is 0 Å². The number of nitrogens with zero attached hydrogens (tertiary/aromatic N) is 1. The quantitative estimate of drug-likeness (QED) is 0.555. The van der Waals surface area contributed by atoms with Crippen LogP contribution in [0.5, 0.6) is 0 Å². The van der Waals surface area contributed by atoms with Gasteiger partial charge in [0.25, 0.3) is 0 Å². The maximum Gasteiger partial charge on any atom is 0.0967 e. The first-order valence-electron chi connectivity index (χ1n) is 13.5. The van der Waals surface area contributed by atoms with Crippen LogP contribution < -0.4 is 4.90 Å². The summed E-state index contributed by atoms with van der Waals surface area (Å²) < 4.78 is 17.9. The summed E-state index contributed by atoms with van der Waals surface area (Å²) in [5, 5.41) is 12.0. The molecule has 1 aromatic rings. The second-order valence-electron chi connectivity index (χ2n) is 12.1. The highest BCUT2D eigenvalue weighted by atomic mass is 16.5. The Morgan fingerprint density at radius 3 is 2.37 bits per heavy atom. The molecule has 5 nitrogen and oxygen atoms in total. The van der Waals surface area contributed by atoms with Gasteiger partial charge in [-0.1, -0.05) is 24.6 Å². The number of hydrogen-bond donors (Lipinski definition) is 1. The number of benzene rings is 1. The van der Waals surface area contributed by atoms with E-state index in [9.17, 15) is 5.11 Å². The lowest BCUT2D eigenvalue weighted by Gasteiger charge is -2.57. The fraction of sp³-hybridized carbons (Fsp3) is 0.733. The zero-order valence-electron chi connectivity index (χ0n) is 22.6. The monoisotopic (exact) mass is 483 g/mol. The van der Waals surface area contributed by atoms with E-state index < -0.39 is 5.60 Å². The van der Waals surface area contributed by atoms with Gasteiger partial charge in [0.1, 0.15) is 0 Å². The van der Waals surface area contributed by atoms with Crippen molar-refractivity contribution < 1.29 is 19.3 Å². The van der Waals surface area contributed by atoms with Crippen LogP contribution in [-0.4, -0.2) is 64.4 Å². The third-order valence-corrected chi connectivity index (χ3v) is 10.6. The smallest absolute Gasteiger partial charge is 0.0967 e. The lowest BCUT2D eigenvalue weighted by atomic mass is 9.50. The van der Waals surface area contributed by atoms with E-state index in [0.29, 0.717) is 24.4 Å². The van der Waals surface area contributed by atoms with Gasteiger partial charge in [0.15, 0.2) is 0 Å². The highest BCUT2D eigenvalue weighted by Crippen LogP contribution is 2.68. The molecule has 194 valence electrons. The maximum absolute atomic E-state index is 12.0. The summed E-state index contributed by atoms with van der Waals surface area (Å²) >= 11 is 0. The minimum Gasteiger partial charge on any atom is -0.385 e. The Balaban J connectivity index is 1.64. The Kier molecular flexibility index (Phi) is 6.61. The fourth-order valence-electron chi connectivity index (χ4n) is 8.68. The van der Waals surface area contributed by atoms with Gasteiger partial charge in [0, 0.05) is 58.9 Å². The molecule has 5 rings (SSSR count). The summed E-state index contributed by atoms with van der Waals surface area (Å²) in [4.78, 5) is 2.16. The van der Waals surface area contributed by atoms with Gasteiger partial charge in [-0.25, -0.2) is 0 Å². The van der Waals surface area contributed by atoms with Crippen LogP contribution in [0.4, 0.5) is 5.69 Å². The average Bonchev–Trinajstić information content (AvgIpc) is 3.15. The number of ether oxygens (including phenoxy) is 3. The number of anilines is 1. The van der Waals surface area contributed by atoms with Crippen LogP contribution in [0.15, 0.2) is 35.4 Å². The Hall–Kier alpha value is -1.40. The number of aliphatic hydroxyl groups is 1. The fourth-order valence-corrected chi connectivity index (χ4v) is 8.68. The van der Waals surface area contributed by atoms with E-state index >= 15 is 0 Å². The maximum atomic E-state index is 12.0. The van der Waals surface area contributed by atoms with E-state index in [2.05, 4.69) is 50.2 Å². The Morgan fingerprint density at radius 2 is 1.74 bits per heavy atom. The molecule has 0 aliphatic heterocycles. The minimum absolute atomic E-state index is 0.0244. The van der Waals surface area contributed by atoms with Crippen LogP contribution in [0.2, 0.25) is 0 Å². The SMILES string of the molecule is COC[C@]1(OC)CC[C@H]2[C@@H]3CC[C@@]4(O)CC(OC)CCC4=C3[C@@H](c3ccc(N(C)C)cc3)C[C@@]21C. The lowest BCUT2D eigenvalue weighted by Crippen LogP contribution is -2.56. The minimum atomic E-state index is -0.718. The van der Waals surface area contributed by atoms with E-state index in [1.807, 2.05) is 7.11 Å². The highest BCUT2D eigenvalue weighted by molar-refractivity contribution is 5.50. The Labute approximate surface area is 211 Å². The molecular formula is C30H45NO4. The van der Waals surface area contributed by atoms with Gasteiger partial charge >= 0.3 is 0 Å². The third kappa shape index (κ3) is 3.80. The van der Waals surface area contributed by atoms with Crippen molar-refractivity contribution in [2.24, 2.45) is 17.3 Å². The molecule has 0 saturated heterocycles. The molecule has 1 unspecified atom stereocenters. The van der Waals surface area contributed by atoms with Crippen LogP contribution in [0.3, 0.4) is 0 Å². The Bertz CT molecular complexity index is 958. The Morgan fingerprint density at radius 1 is 1.00 bits per heavy atom. The normalized spacial score (nSPS) is 40.8. The summed E-state index contributed by atoms with van der Waals surface area (Å²) in [6, 6.07) is 9.13. The van der Waals surface area contributed by atoms with E-state index in [4.69, 9.17) is 14.2 Å². The van der Waals surface area contributed by atoms with E-state index in [0.717, 1.165) is 44.9 Å². The van der Waals surface area contributed by atoms with Gasteiger partial charge in [0.05, 0.1) is 23.9 Å². The molecule has 0 bridgehead atoms. The average molecular weight is 484 g/mol. The molecule has 4 aliphatic carbocycles. The van der Waals surface area contributed by atoms with Crippen molar-refractivity contribution in [3.8, 4) is 0 Å². The predicted molar refractivity (Wildman–Crippen MR) is 140 cm³/mol. The van der Waals surface area contributed by atoms with Crippen LogP contribution in [0, 0.1) is 17.3 Å². The third-order valence-electron chi connectivity index (χ3n) is 10.6. The van der Waals surface area contributed by atoms with Crippen molar-refractivity contribution in [1.82, 2.24) is 0 Å². The van der Waals surface area contributed by atoms with Crippen molar-refractivity contribution in [2.45, 2.75) is 81.5 Å². The van der Waals surface area contributed by atoms with Gasteiger partial charge in [-0.15, -0.1) is 0 Å². The van der Waals surface area contributed by atoms with Gasteiger partial charge in [0.2, 0.25) is 0 Å². The number of methoxy groups -OCH3 is 3. The molecule has 0 heterocycles. The molecule has 3 saturated carbocycles. The molecule has 0 spiro atoms. The largest absolute Gasteiger partial charge is 0.385 e. The lowest BCUT2D eigenvalue weighted by molar-refractivity contribution is -0.152. The summed E-state index contributed by atoms with van der Waals surface area (Å²) in [5.41, 5.74) is 4.53. The first-order valence-corrected chi connectivity index (χ1v) is 13.5. The second kappa shape index (κ2) is 9.16. The molecule has 4 aliphatic rings. The summed E-state index contributed by atoms with van der Waals surface area (Å²) in [6.07, 6.45) is 7.98. The molecule has 5 heteroatoms. The van der Waals surface area contributed by atoms with Gasteiger partial charge in [-0.2, -0.15) is 0 Å². The zero-order valence-corrected chi connectivity index (χ0v) is 22.6. The molecule has 35 heavy (non-hydrogen) atoms. The van der Waals surface area contributed by atoms with Crippen LogP contribution in [-0.2, 0) is 14.2 Å². The van der Waals surface area contributed by atoms with Crippen molar-refractivity contribution in [3.63, 3.8) is 0 Å². The predicted octanol–water partition coefficient (Wildman–Crippen LogP) is 5.32. The van der Waals surface area contributed by atoms with E-state index in [1.165, 1.54) is 23.2 Å². The van der Waals surface area contributed by atoms with E-state index in [1.54, 1.807) is 19.8 Å². The molecular weight excluding hydrogens is 438 g/mol. The molecule has 1 aromatic carbocycles. The van der Waals surface area contributed by atoms with Crippen LogP contribution in [0.1, 0.15) is 69.8 Å². The molecule has 0 amide bonds. The molecule has 1 N–H and O–H groups in total. The van der Waals surface area contributed by atoms with Crippen LogP contribution >= 0.6 is 0 Å². The van der Waals surface area contributed by atoms with Crippen molar-refractivity contribution in [2.75, 3.05) is 46.9 Å². The first kappa shape index (κ1) is 25.3. The van der Waals surface area contributed by atoms with Crippen molar-refractivity contribution in [3.05, 3.63) is 41.0 Å². The highest BCUT2D eigenvalue weighted by Gasteiger charge is 2.64. The van der Waals surface area contributed by atoms with Crippen LogP contribution in [0.25, 0.3) is 0 Å². The summed E-state index contributed by atoms with van der Waals surface area (Å²) in [7, 11) is 9.66. The molecule has 0 aromatic heterocycles. The zero-order chi connectivity index (χ0) is 25.0. The summed E-state index contributed by atoms with van der Waals surface area (Å²) in [6.45, 7) is 3.11. The molecule has 0 radical (unpaired) electrons. The first-order chi connectivity index (χ1) is 16.7. The standard InChI is InChI=1S/C30H45NO4/c1-28-18-24(20-7-9-21(10-8-20)31(2)3)27-23(25(28)14-16-30(28,35-6)19-33-4)13-15-29(32)17-22(34-5)11-12-26(27)29/h7-10,22-25,32H,11-19H2,1-6H3/t22?,23-,24+,25-,28-,29+,30+/m0/s1. The van der Waals surface area contributed by atoms with E-state index in [-0.39, 0.29) is 17.1 Å². The van der Waals surface area contributed by atoms with Crippen molar-refractivity contribution >= 4 is 5.69 Å². The number of hydrogen-bond acceptors (Lipinski definition) is 5.